The average molecular weight is 739 g/mol. The van der Waals surface area contributed by atoms with Crippen molar-refractivity contribution < 1.29 is 17.8 Å². The topological polar surface area (TPSA) is 14.8 Å². The van der Waals surface area contributed by atoms with Crippen molar-refractivity contribution in [2.24, 2.45) is 0 Å². The Kier molecular flexibility index (Phi) is 4.69. The molecule has 12 rings (SSSR count). The minimum absolute atomic E-state index is 0.191. The first-order valence-electron chi connectivity index (χ1n) is 25.1. The molecule has 9 aromatic carbocycles. The lowest BCUT2D eigenvalue weighted by molar-refractivity contribution is 1.13. The van der Waals surface area contributed by atoms with E-state index in [9.17, 15) is 4.11 Å². The van der Waals surface area contributed by atoms with Crippen molar-refractivity contribution in [2.75, 3.05) is 0 Å². The van der Waals surface area contributed by atoms with Gasteiger partial charge in [-0.15, -0.1) is 0 Å². The van der Waals surface area contributed by atoms with Gasteiger partial charge in [-0.2, -0.15) is 0 Å². The van der Waals surface area contributed by atoms with Gasteiger partial charge in [0, 0.05) is 43.7 Å². The highest BCUT2D eigenvalue weighted by atomic mass is 15.1. The van der Waals surface area contributed by atoms with Crippen LogP contribution >= 0.6 is 0 Å². The summed E-state index contributed by atoms with van der Waals surface area (Å²) in [6.45, 7) is 0. The molecule has 57 heavy (non-hydrogen) atoms. The molecule has 3 aromatic heterocycles. The Bertz CT molecular complexity index is 4090. The van der Waals surface area contributed by atoms with Crippen molar-refractivity contribution >= 4 is 65.4 Å². The minimum atomic E-state index is -0.716. The van der Waals surface area contributed by atoms with E-state index >= 15 is 0 Å². The average Bonchev–Trinajstić information content (AvgIpc) is 4.01. The van der Waals surface area contributed by atoms with E-state index in [1.165, 1.54) is 0 Å². The predicted molar refractivity (Wildman–Crippen MR) is 240 cm³/mol. The summed E-state index contributed by atoms with van der Waals surface area (Å²) in [4.78, 5) is 0. The standard InChI is InChI=1S/C54H35N3/c1-3-16-36(17-4-1)38-32-39(37-18-5-2-6-19-37)34-41(33-38)55-48-25-11-10-23-45(48)47-35-40(30-31-52(47)55)56-49-26-12-9-22-44(49)46-24-15-29-53(54(46)56)57-50-27-13-7-20-42(50)43-21-8-14-28-51(43)57/h1-35H/i1D,2D,3D,4D,5D,6D,16D,17D,18D,19D,32D,33D,34D. The van der Waals surface area contributed by atoms with E-state index in [4.69, 9.17) is 13.7 Å². The lowest BCUT2D eigenvalue weighted by Gasteiger charge is -2.15. The molecule has 0 amide bonds. The van der Waals surface area contributed by atoms with Gasteiger partial charge >= 0.3 is 0 Å². The normalized spacial score (nSPS) is 15.1. The highest BCUT2D eigenvalue weighted by molar-refractivity contribution is 6.16. The summed E-state index contributed by atoms with van der Waals surface area (Å²) < 4.78 is 122. The predicted octanol–water partition coefficient (Wildman–Crippen LogP) is 14.3. The molecular weight excluding hydrogens is 691 g/mol. The lowest BCUT2D eigenvalue weighted by atomic mass is 9.98. The Morgan fingerprint density at radius 2 is 0.772 bits per heavy atom. The van der Waals surface area contributed by atoms with Gasteiger partial charge in [0.2, 0.25) is 0 Å². The first kappa shape index (κ1) is 21.5. The van der Waals surface area contributed by atoms with Crippen LogP contribution < -0.4 is 0 Å². The van der Waals surface area contributed by atoms with Gasteiger partial charge in [-0.25, -0.2) is 0 Å². The number of nitrogens with zero attached hydrogens (tertiary/aromatic N) is 3. The third kappa shape index (κ3) is 4.79. The van der Waals surface area contributed by atoms with Crippen LogP contribution in [0, 0.1) is 0 Å². The van der Waals surface area contributed by atoms with Crippen LogP contribution in [0.5, 0.6) is 0 Å². The van der Waals surface area contributed by atoms with Gasteiger partial charge in [0.25, 0.3) is 0 Å². The van der Waals surface area contributed by atoms with Crippen molar-refractivity contribution in [2.45, 2.75) is 0 Å². The number of para-hydroxylation sites is 5. The second-order valence-corrected chi connectivity index (χ2v) is 13.9. The third-order valence-electron chi connectivity index (χ3n) is 10.9. The Labute approximate surface area is 347 Å². The van der Waals surface area contributed by atoms with E-state index in [-0.39, 0.29) is 5.69 Å². The maximum Gasteiger partial charge on any atom is 0.0782 e. The van der Waals surface area contributed by atoms with Crippen LogP contribution in [0.1, 0.15) is 17.8 Å². The first-order chi connectivity index (χ1) is 33.7. The second-order valence-electron chi connectivity index (χ2n) is 13.9. The minimum Gasteiger partial charge on any atom is -0.309 e. The van der Waals surface area contributed by atoms with E-state index in [0.29, 0.717) is 21.8 Å². The van der Waals surface area contributed by atoms with Crippen molar-refractivity contribution in [3.63, 3.8) is 0 Å². The highest BCUT2D eigenvalue weighted by Crippen LogP contribution is 2.42. The van der Waals surface area contributed by atoms with Gasteiger partial charge in [0.1, 0.15) is 0 Å². The summed E-state index contributed by atoms with van der Waals surface area (Å²) in [5, 5.41) is 5.73. The van der Waals surface area contributed by atoms with Gasteiger partial charge in [0.05, 0.1) is 56.6 Å². The van der Waals surface area contributed by atoms with Crippen LogP contribution in [-0.2, 0) is 0 Å². The van der Waals surface area contributed by atoms with E-state index in [1.54, 1.807) is 16.7 Å². The first-order valence-corrected chi connectivity index (χ1v) is 18.6. The fourth-order valence-corrected chi connectivity index (χ4v) is 8.54. The maximum absolute atomic E-state index is 9.91. The number of rotatable bonds is 5. The van der Waals surface area contributed by atoms with E-state index in [2.05, 4.69) is 63.7 Å². The maximum atomic E-state index is 9.91. The largest absolute Gasteiger partial charge is 0.309 e. The molecule has 0 aliphatic carbocycles. The van der Waals surface area contributed by atoms with Crippen LogP contribution in [0.15, 0.2) is 212 Å². The number of hydrogen-bond acceptors (Lipinski definition) is 0. The van der Waals surface area contributed by atoms with Crippen molar-refractivity contribution in [1.82, 2.24) is 13.7 Å². The summed E-state index contributed by atoms with van der Waals surface area (Å²) in [6, 6.07) is 35.6. The number of hydrogen-bond donors (Lipinski definition) is 0. The molecule has 0 atom stereocenters. The summed E-state index contributed by atoms with van der Waals surface area (Å²) in [6.07, 6.45) is 0. The van der Waals surface area contributed by atoms with Crippen LogP contribution in [-0.4, -0.2) is 13.7 Å². The Morgan fingerprint density at radius 1 is 0.316 bits per heavy atom. The number of fused-ring (bicyclic) bond motifs is 9. The zero-order chi connectivity index (χ0) is 48.8. The molecule has 0 aliphatic rings. The van der Waals surface area contributed by atoms with Gasteiger partial charge in [0.15, 0.2) is 0 Å². The quantitative estimate of drug-likeness (QED) is 0.167. The zero-order valence-corrected chi connectivity index (χ0v) is 30.0. The van der Waals surface area contributed by atoms with Crippen molar-refractivity contribution in [3.05, 3.63) is 212 Å². The molecule has 3 heterocycles. The lowest BCUT2D eigenvalue weighted by Crippen LogP contribution is -2.01. The van der Waals surface area contributed by atoms with Crippen LogP contribution in [0.2, 0.25) is 0 Å². The Hall–Kier alpha value is -7.62. The smallest absolute Gasteiger partial charge is 0.0782 e. The van der Waals surface area contributed by atoms with E-state index in [0.717, 1.165) is 55.0 Å². The molecule has 0 spiro atoms. The highest BCUT2D eigenvalue weighted by Gasteiger charge is 2.21. The third-order valence-corrected chi connectivity index (χ3v) is 10.9. The van der Waals surface area contributed by atoms with Crippen LogP contribution in [0.4, 0.5) is 0 Å². The fourth-order valence-electron chi connectivity index (χ4n) is 8.54. The molecule has 0 fully saturated rings. The van der Waals surface area contributed by atoms with Crippen molar-refractivity contribution in [1.29, 1.82) is 0 Å². The summed E-state index contributed by atoms with van der Waals surface area (Å²) in [5.74, 6) is 0. The monoisotopic (exact) mass is 738 g/mol. The van der Waals surface area contributed by atoms with Crippen LogP contribution in [0.25, 0.3) is 105 Å². The van der Waals surface area contributed by atoms with Crippen LogP contribution in [0.3, 0.4) is 0 Å². The summed E-state index contributed by atoms with van der Waals surface area (Å²) in [5.41, 5.74) is 4.68. The number of aromatic nitrogens is 3. The molecule has 0 aliphatic heterocycles. The molecule has 3 nitrogen and oxygen atoms in total. The Balaban J connectivity index is 1.20. The van der Waals surface area contributed by atoms with Gasteiger partial charge < -0.3 is 13.7 Å². The van der Waals surface area contributed by atoms with Crippen molar-refractivity contribution in [3.8, 4) is 39.3 Å². The van der Waals surface area contributed by atoms with Gasteiger partial charge in [-0.3, -0.25) is 0 Å². The molecule has 0 bridgehead atoms. The van der Waals surface area contributed by atoms with Gasteiger partial charge in [-0.05, 0) is 88.9 Å². The fraction of sp³-hybridized carbons (Fsp3) is 0. The second kappa shape index (κ2) is 12.5. The SMILES string of the molecule is [2H]c1c([2H])c([2H])c(-c2c([2H])c(-c3c([2H])c([2H])c([2H])c([2H])c3[2H])c([2H])c(-n3c4ccccc4c4cc(-n5c6ccccc6c6cccc(-n7c8ccccc8c8ccccc87)c65)ccc43)c2[2H])c([2H])c1[2H]. The zero-order valence-electron chi connectivity index (χ0n) is 43.0. The summed E-state index contributed by atoms with van der Waals surface area (Å²) >= 11 is 0. The molecule has 266 valence electrons. The molecular formula is C54H35N3. The molecule has 0 saturated carbocycles. The van der Waals surface area contributed by atoms with E-state index < -0.39 is 101 Å². The molecule has 0 N–H and O–H groups in total. The molecule has 0 unspecified atom stereocenters. The molecule has 0 radical (unpaired) electrons. The molecule has 3 heteroatoms. The molecule has 12 aromatic rings. The number of benzene rings is 9. The summed E-state index contributed by atoms with van der Waals surface area (Å²) in [7, 11) is 0. The van der Waals surface area contributed by atoms with Gasteiger partial charge in [-0.1, -0.05) is 145 Å². The molecule has 0 saturated heterocycles. The Morgan fingerprint density at radius 3 is 1.35 bits per heavy atom. The van der Waals surface area contributed by atoms with E-state index in [1.807, 2.05) is 66.7 Å².